The van der Waals surface area contributed by atoms with Crippen molar-refractivity contribution < 1.29 is 24.3 Å². The van der Waals surface area contributed by atoms with E-state index in [0.717, 1.165) is 4.90 Å². The fourth-order valence-corrected chi connectivity index (χ4v) is 3.36. The van der Waals surface area contributed by atoms with Gasteiger partial charge in [-0.25, -0.2) is 9.78 Å². The first kappa shape index (κ1) is 19.0. The summed E-state index contributed by atoms with van der Waals surface area (Å²) in [4.78, 5) is 49.9. The molecule has 3 rings (SSSR count). The van der Waals surface area contributed by atoms with Crippen molar-refractivity contribution in [3.8, 4) is 0 Å². The lowest BCUT2D eigenvalue weighted by atomic mass is 10.1. The molecule has 3 atom stereocenters. The number of aromatic nitrogens is 2. The lowest BCUT2D eigenvalue weighted by Gasteiger charge is -2.21. The summed E-state index contributed by atoms with van der Waals surface area (Å²) in [5.41, 5.74) is 0.122. The van der Waals surface area contributed by atoms with Crippen molar-refractivity contribution in [2.45, 2.75) is 31.0 Å². The van der Waals surface area contributed by atoms with Gasteiger partial charge in [-0.2, -0.15) is 0 Å². The van der Waals surface area contributed by atoms with Crippen molar-refractivity contribution in [1.29, 1.82) is 0 Å². The van der Waals surface area contributed by atoms with Crippen molar-refractivity contribution in [3.05, 3.63) is 24.3 Å². The fourth-order valence-electron chi connectivity index (χ4n) is 2.91. The molecule has 2 aliphatic heterocycles. The summed E-state index contributed by atoms with van der Waals surface area (Å²) in [5.74, 6) is -0.916. The van der Waals surface area contributed by atoms with Crippen LogP contribution < -0.4 is 10.6 Å². The number of halogens is 1. The number of amides is 3. The van der Waals surface area contributed by atoms with E-state index < -0.39 is 30.0 Å². The molecule has 0 spiro atoms. The monoisotopic (exact) mass is 440 g/mol. The Balaban J connectivity index is 1.56. The van der Waals surface area contributed by atoms with E-state index in [2.05, 4.69) is 41.7 Å². The van der Waals surface area contributed by atoms with Crippen molar-refractivity contribution in [2.75, 3.05) is 13.1 Å². The molecule has 3 N–H and O–H groups in total. The van der Waals surface area contributed by atoms with Gasteiger partial charge in [-0.1, -0.05) is 5.16 Å². The van der Waals surface area contributed by atoms with Crippen LogP contribution in [0.1, 0.15) is 23.3 Å². The zero-order valence-electron chi connectivity index (χ0n) is 14.0. The summed E-state index contributed by atoms with van der Waals surface area (Å²) in [6.45, 7) is 0.214. The van der Waals surface area contributed by atoms with Crippen molar-refractivity contribution >= 4 is 38.5 Å². The second-order valence-electron chi connectivity index (χ2n) is 6.09. The summed E-state index contributed by atoms with van der Waals surface area (Å²) >= 11 is 3.21. The average molecular weight is 441 g/mol. The summed E-state index contributed by atoms with van der Waals surface area (Å²) in [7, 11) is 0. The summed E-state index contributed by atoms with van der Waals surface area (Å²) in [6, 6.07) is -1.41. The molecule has 0 saturated carbocycles. The Labute approximate surface area is 162 Å². The predicted molar refractivity (Wildman–Crippen MR) is 95.3 cm³/mol. The Morgan fingerprint density at radius 3 is 2.81 bits per heavy atom. The second-order valence-corrected chi connectivity index (χ2v) is 7.01. The van der Waals surface area contributed by atoms with Crippen LogP contribution >= 0.6 is 15.9 Å². The number of carbonyl (C=O) groups excluding carboxylic acids is 2. The van der Waals surface area contributed by atoms with Gasteiger partial charge in [0, 0.05) is 31.4 Å². The minimum absolute atomic E-state index is 0.00795. The maximum absolute atomic E-state index is 12.4. The van der Waals surface area contributed by atoms with E-state index in [9.17, 15) is 19.5 Å². The molecule has 1 fully saturated rings. The second kappa shape index (κ2) is 8.29. The van der Waals surface area contributed by atoms with Gasteiger partial charge in [0.15, 0.2) is 6.10 Å². The quantitative estimate of drug-likeness (QED) is 0.580. The highest BCUT2D eigenvalue weighted by atomic mass is 79.9. The number of nitrogens with one attached hydrogen (secondary N) is 2. The largest absolute Gasteiger partial charge is 0.465 e. The number of carboxylic acid groups (broad SMARTS) is 1. The summed E-state index contributed by atoms with van der Waals surface area (Å²) in [6.07, 6.45) is 3.31. The van der Waals surface area contributed by atoms with Gasteiger partial charge in [-0.05, 0) is 22.4 Å². The molecule has 1 aromatic rings. The summed E-state index contributed by atoms with van der Waals surface area (Å²) < 4.78 is 0.654. The normalized spacial score (nSPS) is 24.1. The Hall–Kier alpha value is -2.76. The van der Waals surface area contributed by atoms with Gasteiger partial charge in [-0.3, -0.25) is 19.5 Å². The molecule has 2 aliphatic rings. The zero-order chi connectivity index (χ0) is 19.4. The Morgan fingerprint density at radius 2 is 2.19 bits per heavy atom. The van der Waals surface area contributed by atoms with Gasteiger partial charge in [0.25, 0.3) is 5.91 Å². The molecule has 144 valence electrons. The van der Waals surface area contributed by atoms with E-state index in [-0.39, 0.29) is 31.3 Å². The maximum Gasteiger partial charge on any atom is 0.408 e. The molecular formula is C15H17BrN6O5. The number of rotatable bonds is 5. The Kier molecular flexibility index (Phi) is 5.84. The first-order valence-corrected chi connectivity index (χ1v) is 8.95. The molecule has 27 heavy (non-hydrogen) atoms. The number of likely N-dealkylation sites (tertiary alicyclic amines) is 1. The van der Waals surface area contributed by atoms with Crippen LogP contribution in [0, 0.1) is 0 Å². The molecule has 0 aromatic carbocycles. The predicted octanol–water partition coefficient (Wildman–Crippen LogP) is -0.0592. The molecule has 11 nitrogen and oxygen atoms in total. The van der Waals surface area contributed by atoms with E-state index in [0.29, 0.717) is 11.0 Å². The Morgan fingerprint density at radius 1 is 1.37 bits per heavy atom. The lowest BCUT2D eigenvalue weighted by Crippen LogP contribution is -2.47. The third-order valence-corrected chi connectivity index (χ3v) is 4.65. The first-order valence-electron chi connectivity index (χ1n) is 8.16. The molecule has 0 radical (unpaired) electrons. The van der Waals surface area contributed by atoms with Crippen LogP contribution in [0.2, 0.25) is 0 Å². The lowest BCUT2D eigenvalue weighted by molar-refractivity contribution is -0.125. The van der Waals surface area contributed by atoms with Crippen molar-refractivity contribution in [2.24, 2.45) is 5.16 Å². The van der Waals surface area contributed by atoms with Crippen LogP contribution in [0.15, 0.2) is 23.7 Å². The molecule has 2 unspecified atom stereocenters. The van der Waals surface area contributed by atoms with Gasteiger partial charge in [0.05, 0.1) is 12.7 Å². The SMILES string of the molecule is O=C(NC1CC(C(=O)NC[C@@H]2CC(Br)=NO2)N(C(=O)O)C1)c1cnccn1. The Bertz CT molecular complexity index is 760. The molecule has 3 amide bonds. The van der Waals surface area contributed by atoms with Gasteiger partial charge < -0.3 is 20.6 Å². The number of hydrogen-bond acceptors (Lipinski definition) is 7. The van der Waals surface area contributed by atoms with Crippen LogP contribution in [0.5, 0.6) is 0 Å². The van der Waals surface area contributed by atoms with Crippen LogP contribution in [0.25, 0.3) is 0 Å². The smallest absolute Gasteiger partial charge is 0.408 e. The van der Waals surface area contributed by atoms with Gasteiger partial charge >= 0.3 is 6.09 Å². The van der Waals surface area contributed by atoms with Crippen LogP contribution in [0.3, 0.4) is 0 Å². The minimum Gasteiger partial charge on any atom is -0.465 e. The van der Waals surface area contributed by atoms with E-state index in [1.807, 2.05) is 0 Å². The van der Waals surface area contributed by atoms with Crippen molar-refractivity contribution in [1.82, 2.24) is 25.5 Å². The first-order chi connectivity index (χ1) is 12.9. The average Bonchev–Trinajstić information content (AvgIpc) is 3.27. The molecule has 12 heteroatoms. The van der Waals surface area contributed by atoms with E-state index in [1.54, 1.807) is 0 Å². The van der Waals surface area contributed by atoms with E-state index in [1.165, 1.54) is 18.6 Å². The van der Waals surface area contributed by atoms with Crippen LogP contribution in [-0.4, -0.2) is 73.8 Å². The zero-order valence-corrected chi connectivity index (χ0v) is 15.6. The van der Waals surface area contributed by atoms with Crippen LogP contribution in [0.4, 0.5) is 4.79 Å². The minimum atomic E-state index is -1.23. The van der Waals surface area contributed by atoms with Gasteiger partial charge in [0.1, 0.15) is 16.4 Å². The third kappa shape index (κ3) is 4.70. The standard InChI is InChI=1S/C15H17BrN6O5/c16-12-4-9(27-21-12)5-19-14(24)11-3-8(7-22(11)15(25)26)20-13(23)10-6-17-1-2-18-10/h1-2,6,8-9,11H,3-5,7H2,(H,19,24)(H,20,23)(H,25,26)/t8?,9-,11?/m0/s1. The van der Waals surface area contributed by atoms with Crippen LogP contribution in [-0.2, 0) is 9.63 Å². The molecule has 0 bridgehead atoms. The fraction of sp³-hybridized carbons (Fsp3) is 0.467. The highest BCUT2D eigenvalue weighted by Gasteiger charge is 2.40. The van der Waals surface area contributed by atoms with Gasteiger partial charge in [0.2, 0.25) is 5.91 Å². The molecular weight excluding hydrogens is 424 g/mol. The molecule has 0 aliphatic carbocycles. The molecule has 1 saturated heterocycles. The number of oxime groups is 1. The van der Waals surface area contributed by atoms with E-state index >= 15 is 0 Å². The summed E-state index contributed by atoms with van der Waals surface area (Å²) in [5, 5.41) is 18.5. The topological polar surface area (TPSA) is 146 Å². The number of hydrogen-bond donors (Lipinski definition) is 3. The third-order valence-electron chi connectivity index (χ3n) is 4.18. The molecule has 1 aromatic heterocycles. The number of nitrogens with zero attached hydrogens (tertiary/aromatic N) is 4. The highest BCUT2D eigenvalue weighted by Crippen LogP contribution is 2.19. The molecule has 3 heterocycles. The highest BCUT2D eigenvalue weighted by molar-refractivity contribution is 9.18. The maximum atomic E-state index is 12.4. The number of carbonyl (C=O) groups is 3. The van der Waals surface area contributed by atoms with Gasteiger partial charge in [-0.15, -0.1) is 0 Å². The van der Waals surface area contributed by atoms with E-state index in [4.69, 9.17) is 4.84 Å². The van der Waals surface area contributed by atoms with Crippen molar-refractivity contribution in [3.63, 3.8) is 0 Å².